The summed E-state index contributed by atoms with van der Waals surface area (Å²) in [6.07, 6.45) is 1.72. The van der Waals surface area contributed by atoms with Crippen molar-refractivity contribution in [2.24, 2.45) is 5.92 Å². The molecule has 0 aromatic heterocycles. The van der Waals surface area contributed by atoms with Gasteiger partial charge in [-0.2, -0.15) is 0 Å². The van der Waals surface area contributed by atoms with Crippen molar-refractivity contribution in [1.29, 1.82) is 0 Å². The molecule has 6 heteroatoms. The monoisotopic (exact) mass is 292 g/mol. The van der Waals surface area contributed by atoms with Crippen LogP contribution < -0.4 is 10.1 Å². The van der Waals surface area contributed by atoms with Crippen LogP contribution >= 0.6 is 0 Å². The van der Waals surface area contributed by atoms with E-state index >= 15 is 0 Å². The van der Waals surface area contributed by atoms with Crippen molar-refractivity contribution in [1.82, 2.24) is 10.2 Å². The van der Waals surface area contributed by atoms with Crippen LogP contribution in [0.15, 0.2) is 24.3 Å². The Balaban J connectivity index is 1.90. The number of aliphatic carboxylic acids is 1. The first-order valence-corrected chi connectivity index (χ1v) is 6.88. The number of methoxy groups -OCH3 is 1. The fraction of sp³-hybridized carbons (Fsp3) is 0.467. The van der Waals surface area contributed by atoms with Crippen LogP contribution in [0.2, 0.25) is 0 Å². The van der Waals surface area contributed by atoms with E-state index in [-0.39, 0.29) is 11.9 Å². The first-order chi connectivity index (χ1) is 10.0. The van der Waals surface area contributed by atoms with Gasteiger partial charge in [-0.25, -0.2) is 9.59 Å². The zero-order chi connectivity index (χ0) is 15.4. The quantitative estimate of drug-likeness (QED) is 0.836. The molecule has 2 rings (SSSR count). The van der Waals surface area contributed by atoms with Gasteiger partial charge in [-0.15, -0.1) is 0 Å². The first kappa shape index (κ1) is 15.2. The SMILES string of the molecule is COc1ccc(CN(C)C(=O)NC(C(=O)O)C2CC2)cc1. The van der Waals surface area contributed by atoms with Crippen LogP contribution in [0.25, 0.3) is 0 Å². The molecule has 1 aromatic carbocycles. The number of hydrogen-bond acceptors (Lipinski definition) is 3. The molecule has 1 aliphatic rings. The van der Waals surface area contributed by atoms with E-state index in [9.17, 15) is 9.59 Å². The fourth-order valence-electron chi connectivity index (χ4n) is 2.13. The second-order valence-corrected chi connectivity index (χ2v) is 5.31. The molecule has 0 radical (unpaired) electrons. The van der Waals surface area contributed by atoms with Gasteiger partial charge in [0.1, 0.15) is 11.8 Å². The molecule has 2 N–H and O–H groups in total. The largest absolute Gasteiger partial charge is 0.497 e. The van der Waals surface area contributed by atoms with Crippen LogP contribution in [0.1, 0.15) is 18.4 Å². The number of carboxylic acid groups (broad SMARTS) is 1. The number of urea groups is 1. The van der Waals surface area contributed by atoms with Crippen molar-refractivity contribution < 1.29 is 19.4 Å². The summed E-state index contributed by atoms with van der Waals surface area (Å²) in [7, 11) is 3.24. The first-order valence-electron chi connectivity index (χ1n) is 6.88. The van der Waals surface area contributed by atoms with Crippen LogP contribution in [-0.4, -0.2) is 42.2 Å². The Bertz CT molecular complexity index is 511. The Morgan fingerprint density at radius 2 is 2.00 bits per heavy atom. The summed E-state index contributed by atoms with van der Waals surface area (Å²) in [6, 6.07) is 6.24. The van der Waals surface area contributed by atoms with E-state index in [1.165, 1.54) is 4.90 Å². The number of hydrogen-bond donors (Lipinski definition) is 2. The predicted molar refractivity (Wildman–Crippen MR) is 77.1 cm³/mol. The van der Waals surface area contributed by atoms with E-state index in [1.807, 2.05) is 24.3 Å². The molecule has 1 aliphatic carbocycles. The highest BCUT2D eigenvalue weighted by atomic mass is 16.5. The number of amides is 2. The number of rotatable bonds is 6. The minimum atomic E-state index is -0.969. The Hall–Kier alpha value is -2.24. The third kappa shape index (κ3) is 4.11. The fourth-order valence-corrected chi connectivity index (χ4v) is 2.13. The number of carboxylic acids is 1. The number of carbonyl (C=O) groups is 2. The van der Waals surface area contributed by atoms with Crippen molar-refractivity contribution in [3.8, 4) is 5.75 Å². The summed E-state index contributed by atoms with van der Waals surface area (Å²) in [6.45, 7) is 0.410. The third-order valence-electron chi connectivity index (χ3n) is 3.56. The molecule has 1 unspecified atom stereocenters. The minimum Gasteiger partial charge on any atom is -0.497 e. The smallest absolute Gasteiger partial charge is 0.326 e. The lowest BCUT2D eigenvalue weighted by Gasteiger charge is -2.21. The molecule has 114 valence electrons. The maximum absolute atomic E-state index is 12.0. The van der Waals surface area contributed by atoms with Gasteiger partial charge >= 0.3 is 12.0 Å². The van der Waals surface area contributed by atoms with E-state index < -0.39 is 12.0 Å². The van der Waals surface area contributed by atoms with E-state index in [2.05, 4.69) is 5.32 Å². The zero-order valence-corrected chi connectivity index (χ0v) is 12.2. The van der Waals surface area contributed by atoms with Gasteiger partial charge in [0, 0.05) is 13.6 Å². The van der Waals surface area contributed by atoms with Crippen LogP contribution in [0, 0.1) is 5.92 Å². The summed E-state index contributed by atoms with van der Waals surface area (Å²) < 4.78 is 5.08. The average molecular weight is 292 g/mol. The second kappa shape index (κ2) is 6.47. The van der Waals surface area contributed by atoms with Gasteiger partial charge in [0.05, 0.1) is 7.11 Å². The normalized spacial score (nSPS) is 15.1. The van der Waals surface area contributed by atoms with Gasteiger partial charge in [0.2, 0.25) is 0 Å². The summed E-state index contributed by atoms with van der Waals surface area (Å²) in [5.41, 5.74) is 0.951. The summed E-state index contributed by atoms with van der Waals surface area (Å²) in [5.74, 6) is -0.143. The van der Waals surface area contributed by atoms with Crippen molar-refractivity contribution in [2.45, 2.75) is 25.4 Å². The zero-order valence-electron chi connectivity index (χ0n) is 12.2. The molecular formula is C15H20N2O4. The molecule has 1 aromatic rings. The number of carbonyl (C=O) groups excluding carboxylic acids is 1. The maximum atomic E-state index is 12.0. The van der Waals surface area contributed by atoms with E-state index in [1.54, 1.807) is 14.2 Å². The Morgan fingerprint density at radius 1 is 1.38 bits per heavy atom. The van der Waals surface area contributed by atoms with Gasteiger partial charge in [0.25, 0.3) is 0 Å². The van der Waals surface area contributed by atoms with E-state index in [0.717, 1.165) is 24.2 Å². The van der Waals surface area contributed by atoms with E-state index in [4.69, 9.17) is 9.84 Å². The van der Waals surface area contributed by atoms with Crippen molar-refractivity contribution >= 4 is 12.0 Å². The average Bonchev–Trinajstić information content (AvgIpc) is 3.29. The van der Waals surface area contributed by atoms with Gasteiger partial charge in [-0.05, 0) is 36.5 Å². The summed E-state index contributed by atoms with van der Waals surface area (Å²) >= 11 is 0. The molecule has 21 heavy (non-hydrogen) atoms. The Morgan fingerprint density at radius 3 is 2.48 bits per heavy atom. The predicted octanol–water partition coefficient (Wildman–Crippen LogP) is 1.70. The molecule has 2 amide bonds. The van der Waals surface area contributed by atoms with Gasteiger partial charge < -0.3 is 20.1 Å². The number of benzene rings is 1. The van der Waals surface area contributed by atoms with Crippen LogP contribution in [0.5, 0.6) is 5.75 Å². The maximum Gasteiger partial charge on any atom is 0.326 e. The molecule has 0 bridgehead atoms. The third-order valence-corrected chi connectivity index (χ3v) is 3.56. The molecule has 0 aliphatic heterocycles. The van der Waals surface area contributed by atoms with Crippen molar-refractivity contribution in [3.05, 3.63) is 29.8 Å². The molecule has 1 atom stereocenters. The topological polar surface area (TPSA) is 78.9 Å². The lowest BCUT2D eigenvalue weighted by molar-refractivity contribution is -0.139. The van der Waals surface area contributed by atoms with Gasteiger partial charge in [-0.3, -0.25) is 0 Å². The molecule has 6 nitrogen and oxygen atoms in total. The standard InChI is InChI=1S/C15H20N2O4/c1-17(9-10-3-7-12(21-2)8-4-10)15(20)16-13(14(18)19)11-5-6-11/h3-4,7-8,11,13H,5-6,9H2,1-2H3,(H,16,20)(H,18,19). The molecule has 1 saturated carbocycles. The Kier molecular flexibility index (Phi) is 4.67. The van der Waals surface area contributed by atoms with Crippen LogP contribution in [0.3, 0.4) is 0 Å². The second-order valence-electron chi connectivity index (χ2n) is 5.31. The lowest BCUT2D eigenvalue weighted by atomic mass is 10.2. The highest BCUT2D eigenvalue weighted by Gasteiger charge is 2.37. The summed E-state index contributed by atoms with van der Waals surface area (Å²) in [4.78, 5) is 24.6. The highest BCUT2D eigenvalue weighted by molar-refractivity contribution is 5.83. The molecule has 0 heterocycles. The molecular weight excluding hydrogens is 272 g/mol. The van der Waals surface area contributed by atoms with Crippen LogP contribution in [-0.2, 0) is 11.3 Å². The summed E-state index contributed by atoms with van der Waals surface area (Å²) in [5, 5.41) is 11.7. The molecule has 1 fully saturated rings. The van der Waals surface area contributed by atoms with Gasteiger partial charge in [-0.1, -0.05) is 12.1 Å². The van der Waals surface area contributed by atoms with Crippen LogP contribution in [0.4, 0.5) is 4.79 Å². The molecule has 0 saturated heterocycles. The minimum absolute atomic E-state index is 0.0702. The van der Waals surface area contributed by atoms with E-state index in [0.29, 0.717) is 6.54 Å². The molecule has 0 spiro atoms. The van der Waals surface area contributed by atoms with Crippen molar-refractivity contribution in [2.75, 3.05) is 14.2 Å². The Labute approximate surface area is 123 Å². The van der Waals surface area contributed by atoms with Crippen molar-refractivity contribution in [3.63, 3.8) is 0 Å². The number of nitrogens with one attached hydrogen (secondary N) is 1. The number of nitrogens with zero attached hydrogens (tertiary/aromatic N) is 1. The number of ether oxygens (including phenoxy) is 1. The highest BCUT2D eigenvalue weighted by Crippen LogP contribution is 2.32. The van der Waals surface area contributed by atoms with Gasteiger partial charge in [0.15, 0.2) is 0 Å². The lowest BCUT2D eigenvalue weighted by Crippen LogP contribution is -2.47.